The van der Waals surface area contributed by atoms with Crippen molar-refractivity contribution >= 4 is 0 Å². The van der Waals surface area contributed by atoms with Crippen molar-refractivity contribution < 1.29 is 0 Å². The molecule has 0 aromatic heterocycles. The van der Waals surface area contributed by atoms with Crippen LogP contribution in [-0.2, 0) is 0 Å². The molecule has 1 N–H and O–H groups in total. The molecule has 2 atom stereocenters. The van der Waals surface area contributed by atoms with Crippen LogP contribution in [-0.4, -0.2) is 61.7 Å². The molecule has 0 spiro atoms. The summed E-state index contributed by atoms with van der Waals surface area (Å²) in [5.41, 5.74) is 0.348. The van der Waals surface area contributed by atoms with Gasteiger partial charge in [0.25, 0.3) is 0 Å². The average molecular weight is 253 g/mol. The maximum Gasteiger partial charge on any atom is 0.0240 e. The Hall–Kier alpha value is -0.120. The Bertz CT molecular complexity index is 253. The van der Waals surface area contributed by atoms with Gasteiger partial charge in [0, 0.05) is 25.2 Å². The van der Waals surface area contributed by atoms with Gasteiger partial charge in [-0.2, -0.15) is 0 Å². The molecule has 3 nitrogen and oxygen atoms in total. The Balaban J connectivity index is 1.81. The first-order valence-corrected chi connectivity index (χ1v) is 7.64. The monoisotopic (exact) mass is 253 g/mol. The van der Waals surface area contributed by atoms with Crippen LogP contribution in [0.1, 0.15) is 40.0 Å². The van der Waals surface area contributed by atoms with Crippen LogP contribution in [0.5, 0.6) is 0 Å². The lowest BCUT2D eigenvalue weighted by Crippen LogP contribution is -2.47. The van der Waals surface area contributed by atoms with Gasteiger partial charge in [0.05, 0.1) is 0 Å². The predicted octanol–water partition coefficient (Wildman–Crippen LogP) is 1.79. The summed E-state index contributed by atoms with van der Waals surface area (Å²) >= 11 is 0. The lowest BCUT2D eigenvalue weighted by molar-refractivity contribution is 0.184. The van der Waals surface area contributed by atoms with Gasteiger partial charge in [-0.15, -0.1) is 0 Å². The first kappa shape index (κ1) is 14.3. The molecule has 0 radical (unpaired) electrons. The molecule has 2 aliphatic heterocycles. The van der Waals surface area contributed by atoms with Gasteiger partial charge in [0.1, 0.15) is 0 Å². The fourth-order valence-corrected chi connectivity index (χ4v) is 3.44. The van der Waals surface area contributed by atoms with Gasteiger partial charge in [-0.1, -0.05) is 20.8 Å². The second-order valence-corrected chi connectivity index (χ2v) is 7.15. The van der Waals surface area contributed by atoms with E-state index in [0.29, 0.717) is 11.5 Å². The first-order valence-electron chi connectivity index (χ1n) is 7.64. The van der Waals surface area contributed by atoms with Gasteiger partial charge in [-0.05, 0) is 51.4 Å². The maximum atomic E-state index is 3.50. The summed E-state index contributed by atoms with van der Waals surface area (Å²) in [4.78, 5) is 5.38. The summed E-state index contributed by atoms with van der Waals surface area (Å²) in [7, 11) is 2.10. The molecule has 0 saturated carbocycles. The number of likely N-dealkylation sites (tertiary alicyclic amines) is 2. The van der Waals surface area contributed by atoms with Crippen molar-refractivity contribution in [2.24, 2.45) is 5.41 Å². The van der Waals surface area contributed by atoms with E-state index in [2.05, 4.69) is 42.9 Å². The van der Waals surface area contributed by atoms with E-state index in [1.165, 1.54) is 52.0 Å². The number of hydrogen-bond donors (Lipinski definition) is 1. The average Bonchev–Trinajstić information content (AvgIpc) is 2.94. The molecule has 2 unspecified atom stereocenters. The third kappa shape index (κ3) is 3.46. The molecular weight excluding hydrogens is 222 g/mol. The number of likely N-dealkylation sites (N-methyl/N-ethyl adjacent to an activating group) is 1. The number of rotatable bonds is 4. The molecule has 0 aliphatic carbocycles. The van der Waals surface area contributed by atoms with Crippen molar-refractivity contribution in [1.82, 2.24) is 15.1 Å². The second-order valence-electron chi connectivity index (χ2n) is 7.15. The quantitative estimate of drug-likeness (QED) is 0.824. The lowest BCUT2D eigenvalue weighted by Gasteiger charge is -2.34. The number of nitrogens with zero attached hydrogens (tertiary/aromatic N) is 2. The van der Waals surface area contributed by atoms with E-state index >= 15 is 0 Å². The zero-order valence-electron chi connectivity index (χ0n) is 12.7. The minimum atomic E-state index is 0.348. The van der Waals surface area contributed by atoms with Crippen LogP contribution < -0.4 is 5.32 Å². The van der Waals surface area contributed by atoms with Crippen molar-refractivity contribution in [2.75, 3.05) is 39.8 Å². The zero-order valence-corrected chi connectivity index (χ0v) is 12.7. The predicted molar refractivity (Wildman–Crippen MR) is 78.0 cm³/mol. The third-order valence-corrected chi connectivity index (χ3v) is 4.74. The number of nitrogens with one attached hydrogen (secondary N) is 1. The Morgan fingerprint density at radius 3 is 2.39 bits per heavy atom. The molecule has 2 fully saturated rings. The van der Waals surface area contributed by atoms with E-state index < -0.39 is 0 Å². The molecule has 3 heteroatoms. The van der Waals surface area contributed by atoms with Crippen molar-refractivity contribution in [3.63, 3.8) is 0 Å². The molecule has 0 amide bonds. The van der Waals surface area contributed by atoms with Crippen molar-refractivity contribution in [1.29, 1.82) is 0 Å². The summed E-state index contributed by atoms with van der Waals surface area (Å²) in [5, 5.41) is 3.50. The molecule has 0 aromatic carbocycles. The van der Waals surface area contributed by atoms with Crippen LogP contribution in [0.15, 0.2) is 0 Å². The fourth-order valence-electron chi connectivity index (χ4n) is 3.44. The molecule has 18 heavy (non-hydrogen) atoms. The smallest absolute Gasteiger partial charge is 0.0240 e. The third-order valence-electron chi connectivity index (χ3n) is 4.74. The largest absolute Gasteiger partial charge is 0.315 e. The van der Waals surface area contributed by atoms with Crippen LogP contribution in [0.3, 0.4) is 0 Å². The van der Waals surface area contributed by atoms with Crippen molar-refractivity contribution in [3.8, 4) is 0 Å². The van der Waals surface area contributed by atoms with E-state index in [9.17, 15) is 0 Å². The van der Waals surface area contributed by atoms with Gasteiger partial charge in [0.2, 0.25) is 0 Å². The Morgan fingerprint density at radius 2 is 1.83 bits per heavy atom. The molecule has 2 aliphatic rings. The highest BCUT2D eigenvalue weighted by Crippen LogP contribution is 2.24. The van der Waals surface area contributed by atoms with Gasteiger partial charge in [-0.25, -0.2) is 0 Å². The van der Waals surface area contributed by atoms with Crippen LogP contribution in [0.25, 0.3) is 0 Å². The summed E-state index contributed by atoms with van der Waals surface area (Å²) < 4.78 is 0. The second kappa shape index (κ2) is 5.89. The summed E-state index contributed by atoms with van der Waals surface area (Å²) in [6.45, 7) is 13.5. The summed E-state index contributed by atoms with van der Waals surface area (Å²) in [6, 6.07) is 1.43. The normalized spacial score (nSPS) is 29.0. The Kier molecular flexibility index (Phi) is 4.68. The highest BCUT2D eigenvalue weighted by Gasteiger charge is 2.32. The Labute approximate surface area is 113 Å². The highest BCUT2D eigenvalue weighted by molar-refractivity contribution is 4.89. The zero-order chi connectivity index (χ0) is 13.2. The molecule has 106 valence electrons. The molecule has 2 saturated heterocycles. The molecular formula is C15H31N3. The minimum Gasteiger partial charge on any atom is -0.315 e. The van der Waals surface area contributed by atoms with Crippen LogP contribution in [0, 0.1) is 5.41 Å². The van der Waals surface area contributed by atoms with Gasteiger partial charge < -0.3 is 10.2 Å². The van der Waals surface area contributed by atoms with Gasteiger partial charge in [0.15, 0.2) is 0 Å². The van der Waals surface area contributed by atoms with E-state index in [1.54, 1.807) is 0 Å². The molecule has 0 bridgehead atoms. The van der Waals surface area contributed by atoms with Crippen LogP contribution in [0.4, 0.5) is 0 Å². The van der Waals surface area contributed by atoms with E-state index in [-0.39, 0.29) is 0 Å². The van der Waals surface area contributed by atoms with Crippen molar-refractivity contribution in [3.05, 3.63) is 0 Å². The Morgan fingerprint density at radius 1 is 1.17 bits per heavy atom. The SMILES string of the molecule is CNC(CN1CCC(N2CCCC2)C1)C(C)(C)C. The van der Waals surface area contributed by atoms with E-state index in [1.807, 2.05) is 0 Å². The molecule has 0 aromatic rings. The maximum absolute atomic E-state index is 3.50. The van der Waals surface area contributed by atoms with Crippen LogP contribution in [0.2, 0.25) is 0 Å². The standard InChI is InChI=1S/C15H31N3/c1-15(2,3)14(16-4)12-17-10-7-13(11-17)18-8-5-6-9-18/h13-14,16H,5-12H2,1-4H3. The topological polar surface area (TPSA) is 18.5 Å². The first-order chi connectivity index (χ1) is 8.50. The summed E-state index contributed by atoms with van der Waals surface area (Å²) in [6.07, 6.45) is 4.20. The lowest BCUT2D eigenvalue weighted by atomic mass is 9.86. The summed E-state index contributed by atoms with van der Waals surface area (Å²) in [5.74, 6) is 0. The van der Waals surface area contributed by atoms with E-state index in [0.717, 1.165) is 6.04 Å². The fraction of sp³-hybridized carbons (Fsp3) is 1.00. The minimum absolute atomic E-state index is 0.348. The highest BCUT2D eigenvalue weighted by atomic mass is 15.3. The van der Waals surface area contributed by atoms with Crippen LogP contribution >= 0.6 is 0 Å². The van der Waals surface area contributed by atoms with Crippen molar-refractivity contribution in [2.45, 2.75) is 52.1 Å². The number of hydrogen-bond acceptors (Lipinski definition) is 3. The van der Waals surface area contributed by atoms with Gasteiger partial charge >= 0.3 is 0 Å². The molecule has 2 heterocycles. The van der Waals surface area contributed by atoms with E-state index in [4.69, 9.17) is 0 Å². The van der Waals surface area contributed by atoms with Gasteiger partial charge in [-0.3, -0.25) is 4.90 Å². The molecule has 2 rings (SSSR count).